The highest BCUT2D eigenvalue weighted by atomic mass is 16.7. The van der Waals surface area contributed by atoms with Crippen LogP contribution in [0.3, 0.4) is 0 Å². The fourth-order valence-electron chi connectivity index (χ4n) is 8.04. The van der Waals surface area contributed by atoms with Crippen LogP contribution in [0.4, 0.5) is 0 Å². The van der Waals surface area contributed by atoms with E-state index in [4.69, 9.17) is 9.47 Å². The average molecular weight is 800 g/mol. The fourth-order valence-corrected chi connectivity index (χ4v) is 8.04. The molecule has 334 valence electrons. The monoisotopic (exact) mass is 800 g/mol. The Balaban J connectivity index is 1.99. The molecule has 9 heteroatoms. The van der Waals surface area contributed by atoms with Gasteiger partial charge in [-0.1, -0.05) is 219 Å². The van der Waals surface area contributed by atoms with Crippen LogP contribution in [-0.2, 0) is 14.3 Å². The topological polar surface area (TPSA) is 149 Å². The molecule has 0 aliphatic carbocycles. The molecule has 0 aromatic heterocycles. The Labute approximate surface area is 344 Å². The third-order valence-corrected chi connectivity index (χ3v) is 12.0. The van der Waals surface area contributed by atoms with E-state index in [1.165, 1.54) is 173 Å². The van der Waals surface area contributed by atoms with Crippen LogP contribution in [-0.4, -0.2) is 87.5 Å². The summed E-state index contributed by atoms with van der Waals surface area (Å²) in [5.41, 5.74) is 0. The number of aliphatic hydroxyl groups excluding tert-OH is 5. The number of aliphatic hydroxyl groups is 5. The molecule has 1 fully saturated rings. The minimum atomic E-state index is -1.55. The highest BCUT2D eigenvalue weighted by Crippen LogP contribution is 2.23. The molecule has 0 spiro atoms. The second-order valence-corrected chi connectivity index (χ2v) is 17.3. The first-order valence-electron chi connectivity index (χ1n) is 24.2. The van der Waals surface area contributed by atoms with E-state index in [2.05, 4.69) is 19.2 Å². The second-order valence-electron chi connectivity index (χ2n) is 17.3. The average Bonchev–Trinajstić information content (AvgIpc) is 3.19. The molecule has 1 heterocycles. The number of amides is 1. The first kappa shape index (κ1) is 53.2. The van der Waals surface area contributed by atoms with Gasteiger partial charge in [-0.15, -0.1) is 0 Å². The maximum atomic E-state index is 12.6. The van der Waals surface area contributed by atoms with Gasteiger partial charge in [0.1, 0.15) is 24.4 Å². The number of unbranched alkanes of at least 4 members (excludes halogenated alkanes) is 31. The number of rotatable bonds is 41. The van der Waals surface area contributed by atoms with E-state index in [-0.39, 0.29) is 12.5 Å². The Morgan fingerprint density at radius 3 is 1.27 bits per heavy atom. The van der Waals surface area contributed by atoms with Crippen LogP contribution in [0.15, 0.2) is 0 Å². The van der Waals surface area contributed by atoms with Gasteiger partial charge in [-0.25, -0.2) is 0 Å². The van der Waals surface area contributed by atoms with Crippen LogP contribution in [0.2, 0.25) is 0 Å². The Morgan fingerprint density at radius 1 is 0.536 bits per heavy atom. The molecule has 9 nitrogen and oxygen atoms in total. The van der Waals surface area contributed by atoms with Crippen LogP contribution in [0.5, 0.6) is 0 Å². The largest absolute Gasteiger partial charge is 0.394 e. The molecule has 1 rings (SSSR count). The number of hydrogen-bond donors (Lipinski definition) is 6. The van der Waals surface area contributed by atoms with Crippen molar-refractivity contribution in [1.82, 2.24) is 5.32 Å². The summed E-state index contributed by atoms with van der Waals surface area (Å²) in [7, 11) is 0. The zero-order valence-electron chi connectivity index (χ0n) is 36.7. The third-order valence-electron chi connectivity index (χ3n) is 12.0. The summed E-state index contributed by atoms with van der Waals surface area (Å²) in [6.45, 7) is 3.68. The van der Waals surface area contributed by atoms with Crippen molar-refractivity contribution in [2.75, 3.05) is 13.2 Å². The van der Waals surface area contributed by atoms with E-state index in [1.807, 2.05) is 0 Å². The minimum Gasteiger partial charge on any atom is -0.394 e. The predicted octanol–water partition coefficient (Wildman–Crippen LogP) is 10.3. The second kappa shape index (κ2) is 38.4. The molecule has 1 aliphatic rings. The summed E-state index contributed by atoms with van der Waals surface area (Å²) < 4.78 is 11.1. The lowest BCUT2D eigenvalue weighted by Crippen LogP contribution is -2.60. The lowest BCUT2D eigenvalue weighted by atomic mass is 9.99. The van der Waals surface area contributed by atoms with E-state index in [0.29, 0.717) is 12.8 Å². The lowest BCUT2D eigenvalue weighted by molar-refractivity contribution is -0.302. The molecular formula is C47H93NO8. The van der Waals surface area contributed by atoms with E-state index < -0.39 is 49.5 Å². The molecule has 7 unspecified atom stereocenters. The summed E-state index contributed by atoms with van der Waals surface area (Å²) in [5.74, 6) is -0.166. The molecule has 1 aliphatic heterocycles. The minimum absolute atomic E-state index is 0.136. The van der Waals surface area contributed by atoms with Gasteiger partial charge in [-0.3, -0.25) is 4.79 Å². The zero-order valence-corrected chi connectivity index (χ0v) is 36.7. The smallest absolute Gasteiger partial charge is 0.220 e. The number of carbonyl (C=O) groups is 1. The van der Waals surface area contributed by atoms with Gasteiger partial charge >= 0.3 is 0 Å². The maximum absolute atomic E-state index is 12.6. The van der Waals surface area contributed by atoms with E-state index in [9.17, 15) is 30.3 Å². The van der Waals surface area contributed by atoms with Crippen LogP contribution >= 0.6 is 0 Å². The van der Waals surface area contributed by atoms with Gasteiger partial charge in [0, 0.05) is 6.42 Å². The molecule has 1 saturated heterocycles. The van der Waals surface area contributed by atoms with Crippen molar-refractivity contribution >= 4 is 5.91 Å². The molecule has 1 amide bonds. The molecule has 0 saturated carbocycles. The van der Waals surface area contributed by atoms with Crippen molar-refractivity contribution in [2.24, 2.45) is 0 Å². The predicted molar refractivity (Wildman–Crippen MR) is 231 cm³/mol. The Bertz CT molecular complexity index is 847. The third kappa shape index (κ3) is 28.6. The summed E-state index contributed by atoms with van der Waals surface area (Å²) in [6.07, 6.45) is 36.7. The lowest BCUT2D eigenvalue weighted by Gasteiger charge is -2.40. The summed E-state index contributed by atoms with van der Waals surface area (Å²) >= 11 is 0. The summed E-state index contributed by atoms with van der Waals surface area (Å²) in [4.78, 5) is 12.6. The van der Waals surface area contributed by atoms with Crippen LogP contribution in [0.25, 0.3) is 0 Å². The normalized spacial score (nSPS) is 21.0. The molecule has 56 heavy (non-hydrogen) atoms. The first-order chi connectivity index (χ1) is 27.3. The SMILES string of the molecule is CCCCCCCCCCCCCCCCCCCCCCCCCCCCCCCCC(O)C(COC1OC(CO)C(O)C(O)C1O)NC(=O)CCCCC. The molecule has 0 radical (unpaired) electrons. The van der Waals surface area contributed by atoms with Crippen molar-refractivity contribution in [3.63, 3.8) is 0 Å². The van der Waals surface area contributed by atoms with Gasteiger partial charge < -0.3 is 40.3 Å². The van der Waals surface area contributed by atoms with E-state index in [0.717, 1.165) is 38.5 Å². The number of hydrogen-bond acceptors (Lipinski definition) is 8. The van der Waals surface area contributed by atoms with Crippen molar-refractivity contribution in [2.45, 2.75) is 281 Å². The molecule has 6 N–H and O–H groups in total. The van der Waals surface area contributed by atoms with E-state index >= 15 is 0 Å². The quantitative estimate of drug-likeness (QED) is 0.0335. The maximum Gasteiger partial charge on any atom is 0.220 e. The van der Waals surface area contributed by atoms with Crippen molar-refractivity contribution in [3.8, 4) is 0 Å². The standard InChI is InChI=1S/C47H93NO8/c1-3-5-7-8-9-10-11-12-13-14-15-16-17-18-19-20-21-22-23-24-25-26-27-28-29-30-31-32-33-35-36-41(50)40(48-43(51)37-34-6-4-2)39-55-47-46(54)45(53)44(52)42(38-49)56-47/h40-42,44-47,49-50,52-54H,3-39H2,1-2H3,(H,48,51). The molecule has 0 bridgehead atoms. The van der Waals surface area contributed by atoms with Crippen molar-refractivity contribution < 1.29 is 39.8 Å². The summed E-state index contributed by atoms with van der Waals surface area (Å²) in [5, 5.41) is 53.8. The molecule has 0 aromatic carbocycles. The van der Waals surface area contributed by atoms with Gasteiger partial charge in [-0.05, 0) is 12.8 Å². The van der Waals surface area contributed by atoms with Gasteiger partial charge in [0.25, 0.3) is 0 Å². The molecular weight excluding hydrogens is 707 g/mol. The van der Waals surface area contributed by atoms with Gasteiger partial charge in [0.05, 0.1) is 25.4 Å². The van der Waals surface area contributed by atoms with Crippen LogP contribution < -0.4 is 5.32 Å². The summed E-state index contributed by atoms with van der Waals surface area (Å²) in [6, 6.07) is -0.708. The van der Waals surface area contributed by atoms with Crippen molar-refractivity contribution in [1.29, 1.82) is 0 Å². The Morgan fingerprint density at radius 2 is 0.893 bits per heavy atom. The van der Waals surface area contributed by atoms with Gasteiger partial charge in [-0.2, -0.15) is 0 Å². The highest BCUT2D eigenvalue weighted by Gasteiger charge is 2.44. The van der Waals surface area contributed by atoms with Gasteiger partial charge in [0.2, 0.25) is 5.91 Å². The van der Waals surface area contributed by atoms with Crippen LogP contribution in [0, 0.1) is 0 Å². The zero-order chi connectivity index (χ0) is 40.9. The highest BCUT2D eigenvalue weighted by molar-refractivity contribution is 5.76. The molecule has 0 aromatic rings. The van der Waals surface area contributed by atoms with E-state index in [1.54, 1.807) is 0 Å². The Hall–Kier alpha value is -0.810. The number of nitrogens with one attached hydrogen (secondary N) is 1. The number of ether oxygens (including phenoxy) is 2. The first-order valence-corrected chi connectivity index (χ1v) is 24.2. The Kier molecular flexibility index (Phi) is 36.5. The van der Waals surface area contributed by atoms with Crippen molar-refractivity contribution in [3.05, 3.63) is 0 Å². The number of carbonyl (C=O) groups excluding carboxylic acids is 1. The fraction of sp³-hybridized carbons (Fsp3) is 0.979. The van der Waals surface area contributed by atoms with Crippen LogP contribution in [0.1, 0.15) is 239 Å². The van der Waals surface area contributed by atoms with Gasteiger partial charge in [0.15, 0.2) is 6.29 Å². The molecule has 7 atom stereocenters.